The van der Waals surface area contributed by atoms with Crippen molar-refractivity contribution in [2.45, 2.75) is 36.6 Å². The first-order valence-corrected chi connectivity index (χ1v) is 10.1. The van der Waals surface area contributed by atoms with Crippen molar-refractivity contribution in [3.8, 4) is 0 Å². The molecule has 26 heavy (non-hydrogen) atoms. The Morgan fingerprint density at radius 3 is 2.69 bits per heavy atom. The first kappa shape index (κ1) is 20.7. The van der Waals surface area contributed by atoms with Gasteiger partial charge in [-0.1, -0.05) is 12.1 Å². The summed E-state index contributed by atoms with van der Waals surface area (Å²) in [6, 6.07) is 7.10. The molecule has 7 nitrogen and oxygen atoms in total. The van der Waals surface area contributed by atoms with Crippen molar-refractivity contribution in [2.24, 2.45) is 4.99 Å². The van der Waals surface area contributed by atoms with Crippen molar-refractivity contribution in [1.29, 1.82) is 0 Å². The Morgan fingerprint density at radius 1 is 1.27 bits per heavy atom. The van der Waals surface area contributed by atoms with E-state index in [1.165, 1.54) is 0 Å². The van der Waals surface area contributed by atoms with Gasteiger partial charge in [-0.05, 0) is 44.5 Å². The molecule has 0 aromatic heterocycles. The largest absolute Gasteiger partial charge is 0.343 e. The highest BCUT2D eigenvalue weighted by molar-refractivity contribution is 7.90. The standard InChI is InChI=1S/C17H24N4O3S.ClH/c1-21(13-8-11-18-12-9-13)16(22)7-4-10-19-17-14-5-2-3-6-15(14)25(23,24)20-17;/h2-3,5-6,13,18H,4,7-12H2,1H3,(H,19,20);1H. The third-order valence-electron chi connectivity index (χ3n) is 4.73. The van der Waals surface area contributed by atoms with E-state index in [2.05, 4.69) is 15.0 Å². The normalized spacial score (nSPS) is 20.1. The molecule has 1 aromatic rings. The summed E-state index contributed by atoms with van der Waals surface area (Å²) in [7, 11) is -1.63. The van der Waals surface area contributed by atoms with Crippen LogP contribution in [0, 0.1) is 0 Å². The Labute approximate surface area is 160 Å². The molecule has 1 saturated heterocycles. The van der Waals surface area contributed by atoms with Crippen LogP contribution >= 0.6 is 12.4 Å². The van der Waals surface area contributed by atoms with E-state index >= 15 is 0 Å². The van der Waals surface area contributed by atoms with Crippen LogP contribution in [-0.4, -0.2) is 57.8 Å². The lowest BCUT2D eigenvalue weighted by Crippen LogP contribution is -2.43. The van der Waals surface area contributed by atoms with Gasteiger partial charge in [0.2, 0.25) is 5.91 Å². The maximum absolute atomic E-state index is 12.3. The molecule has 2 aliphatic rings. The minimum Gasteiger partial charge on any atom is -0.343 e. The van der Waals surface area contributed by atoms with E-state index in [0.717, 1.165) is 25.9 Å². The first-order valence-electron chi connectivity index (χ1n) is 8.62. The number of rotatable bonds is 5. The number of aliphatic imine (C=N–C) groups is 1. The number of amidine groups is 1. The molecule has 0 atom stereocenters. The predicted molar refractivity (Wildman–Crippen MR) is 103 cm³/mol. The van der Waals surface area contributed by atoms with Gasteiger partial charge in [-0.25, -0.2) is 8.42 Å². The summed E-state index contributed by atoms with van der Waals surface area (Å²) in [6.45, 7) is 2.32. The van der Waals surface area contributed by atoms with E-state index in [1.807, 2.05) is 11.9 Å². The Kier molecular flexibility index (Phi) is 7.02. The van der Waals surface area contributed by atoms with E-state index in [0.29, 0.717) is 36.8 Å². The fourth-order valence-electron chi connectivity index (χ4n) is 3.25. The third kappa shape index (κ3) is 4.55. The highest BCUT2D eigenvalue weighted by Gasteiger charge is 2.30. The average molecular weight is 401 g/mol. The molecule has 2 N–H and O–H groups in total. The second kappa shape index (κ2) is 8.83. The summed E-state index contributed by atoms with van der Waals surface area (Å²) in [6.07, 6.45) is 3.00. The molecule has 2 heterocycles. The van der Waals surface area contributed by atoms with Gasteiger partial charge in [-0.15, -0.1) is 12.4 Å². The Balaban J connectivity index is 0.00000243. The van der Waals surface area contributed by atoms with Crippen LogP contribution < -0.4 is 10.0 Å². The number of halogens is 1. The van der Waals surface area contributed by atoms with Gasteiger partial charge in [-0.3, -0.25) is 14.5 Å². The summed E-state index contributed by atoms with van der Waals surface area (Å²) < 4.78 is 26.5. The van der Waals surface area contributed by atoms with Crippen molar-refractivity contribution >= 4 is 34.2 Å². The van der Waals surface area contributed by atoms with Gasteiger partial charge < -0.3 is 10.2 Å². The van der Waals surface area contributed by atoms with Gasteiger partial charge in [0.05, 0.1) is 4.90 Å². The lowest BCUT2D eigenvalue weighted by atomic mass is 10.0. The number of nitrogens with zero attached hydrogens (tertiary/aromatic N) is 2. The number of benzene rings is 1. The highest BCUT2D eigenvalue weighted by Crippen LogP contribution is 2.22. The van der Waals surface area contributed by atoms with Gasteiger partial charge in [0.1, 0.15) is 5.84 Å². The summed E-state index contributed by atoms with van der Waals surface area (Å²) in [4.78, 5) is 18.7. The molecule has 0 saturated carbocycles. The molecule has 0 radical (unpaired) electrons. The maximum Gasteiger partial charge on any atom is 0.263 e. The van der Waals surface area contributed by atoms with Gasteiger partial charge in [0.25, 0.3) is 10.0 Å². The quantitative estimate of drug-likeness (QED) is 0.725. The smallest absolute Gasteiger partial charge is 0.263 e. The molecule has 1 aromatic carbocycles. The Bertz CT molecular complexity index is 776. The minimum atomic E-state index is -3.50. The molecule has 0 unspecified atom stereocenters. The van der Waals surface area contributed by atoms with Crippen molar-refractivity contribution in [3.05, 3.63) is 29.8 Å². The summed E-state index contributed by atoms with van der Waals surface area (Å²) in [5.74, 6) is 0.495. The number of sulfonamides is 1. The van der Waals surface area contributed by atoms with Crippen molar-refractivity contribution in [2.75, 3.05) is 26.7 Å². The number of amides is 1. The number of nitrogens with one attached hydrogen (secondary N) is 2. The summed E-state index contributed by atoms with van der Waals surface area (Å²) in [5, 5.41) is 3.30. The summed E-state index contributed by atoms with van der Waals surface area (Å²) >= 11 is 0. The predicted octanol–water partition coefficient (Wildman–Crippen LogP) is 1.14. The Morgan fingerprint density at radius 2 is 1.96 bits per heavy atom. The fraction of sp³-hybridized carbons (Fsp3) is 0.529. The lowest BCUT2D eigenvalue weighted by molar-refractivity contribution is -0.132. The number of piperidine rings is 1. The topological polar surface area (TPSA) is 90.9 Å². The molecule has 144 valence electrons. The van der Waals surface area contributed by atoms with Crippen molar-refractivity contribution < 1.29 is 13.2 Å². The zero-order chi connectivity index (χ0) is 17.9. The van der Waals surface area contributed by atoms with Gasteiger partial charge in [0, 0.05) is 31.6 Å². The second-order valence-electron chi connectivity index (χ2n) is 6.42. The van der Waals surface area contributed by atoms with Crippen LogP contribution in [0.25, 0.3) is 0 Å². The molecule has 2 aliphatic heterocycles. The molecular formula is C17H25ClN4O3S. The number of hydrogen-bond acceptors (Lipinski definition) is 5. The van der Waals surface area contributed by atoms with Crippen LogP contribution in [0.1, 0.15) is 31.2 Å². The molecule has 0 spiro atoms. The molecule has 3 rings (SSSR count). The SMILES string of the molecule is CN(C(=O)CCCN=C1NS(=O)(=O)c2ccccc21)C1CCNCC1.Cl. The second-order valence-corrected chi connectivity index (χ2v) is 8.07. The van der Waals surface area contributed by atoms with Crippen molar-refractivity contribution in [1.82, 2.24) is 14.9 Å². The number of hydrogen-bond donors (Lipinski definition) is 2. The van der Waals surface area contributed by atoms with Crippen molar-refractivity contribution in [3.63, 3.8) is 0 Å². The van der Waals surface area contributed by atoms with E-state index in [4.69, 9.17) is 0 Å². The number of fused-ring (bicyclic) bond motifs is 1. The van der Waals surface area contributed by atoms with Crippen LogP contribution in [0.3, 0.4) is 0 Å². The molecular weight excluding hydrogens is 376 g/mol. The van der Waals surface area contributed by atoms with E-state index in [9.17, 15) is 13.2 Å². The zero-order valence-electron chi connectivity index (χ0n) is 14.8. The minimum absolute atomic E-state index is 0. The van der Waals surface area contributed by atoms with Gasteiger partial charge in [-0.2, -0.15) is 0 Å². The van der Waals surface area contributed by atoms with E-state index in [1.54, 1.807) is 24.3 Å². The fourth-order valence-corrected chi connectivity index (χ4v) is 4.50. The molecule has 0 bridgehead atoms. The molecule has 1 amide bonds. The molecule has 9 heteroatoms. The first-order chi connectivity index (χ1) is 12.0. The van der Waals surface area contributed by atoms with Crippen LogP contribution in [-0.2, 0) is 14.8 Å². The Hall–Kier alpha value is -1.64. The molecule has 1 fully saturated rings. The average Bonchev–Trinajstić information content (AvgIpc) is 2.89. The van der Waals surface area contributed by atoms with E-state index < -0.39 is 10.0 Å². The number of carbonyl (C=O) groups excluding carboxylic acids is 1. The zero-order valence-corrected chi connectivity index (χ0v) is 16.4. The van der Waals surface area contributed by atoms with Crippen LogP contribution in [0.4, 0.5) is 0 Å². The van der Waals surface area contributed by atoms with Gasteiger partial charge in [0.15, 0.2) is 0 Å². The maximum atomic E-state index is 12.3. The third-order valence-corrected chi connectivity index (χ3v) is 6.13. The summed E-state index contributed by atoms with van der Waals surface area (Å²) in [5.41, 5.74) is 0.598. The number of carbonyl (C=O) groups is 1. The van der Waals surface area contributed by atoms with E-state index in [-0.39, 0.29) is 23.2 Å². The van der Waals surface area contributed by atoms with Crippen LogP contribution in [0.5, 0.6) is 0 Å². The highest BCUT2D eigenvalue weighted by atomic mass is 35.5. The monoisotopic (exact) mass is 400 g/mol. The van der Waals surface area contributed by atoms with Crippen LogP contribution in [0.15, 0.2) is 34.2 Å². The molecule has 0 aliphatic carbocycles. The lowest BCUT2D eigenvalue weighted by Gasteiger charge is -2.31. The van der Waals surface area contributed by atoms with Crippen LogP contribution in [0.2, 0.25) is 0 Å². The van der Waals surface area contributed by atoms with Gasteiger partial charge >= 0.3 is 0 Å².